The largest absolute Gasteiger partial charge is 0.302 e. The second-order valence-corrected chi connectivity index (χ2v) is 9.61. The van der Waals surface area contributed by atoms with Crippen LogP contribution < -0.4 is 10.0 Å². The van der Waals surface area contributed by atoms with Crippen molar-refractivity contribution in [3.63, 3.8) is 0 Å². The van der Waals surface area contributed by atoms with Gasteiger partial charge in [-0.25, -0.2) is 18.1 Å². The minimum Gasteiger partial charge on any atom is -0.302 e. The molecule has 10 heteroatoms. The van der Waals surface area contributed by atoms with Crippen LogP contribution in [-0.4, -0.2) is 43.8 Å². The number of halogens is 1. The Morgan fingerprint density at radius 2 is 1.96 bits per heavy atom. The zero-order valence-electron chi connectivity index (χ0n) is 15.4. The summed E-state index contributed by atoms with van der Waals surface area (Å²) in [4.78, 5) is 18.9. The Morgan fingerprint density at radius 1 is 1.21 bits per heavy atom. The molecule has 1 fully saturated rings. The lowest BCUT2D eigenvalue weighted by Crippen LogP contribution is -2.29. The second kappa shape index (κ2) is 9.80. The number of nitrogens with one attached hydrogen (secondary N) is 2. The van der Waals surface area contributed by atoms with Gasteiger partial charge in [-0.3, -0.25) is 9.69 Å². The fraction of sp³-hybridized carbons (Fsp3) is 0.444. The summed E-state index contributed by atoms with van der Waals surface area (Å²) < 4.78 is 26.9. The summed E-state index contributed by atoms with van der Waals surface area (Å²) in [6, 6.07) is 6.18. The van der Waals surface area contributed by atoms with E-state index < -0.39 is 10.0 Å². The van der Waals surface area contributed by atoms with E-state index in [0.29, 0.717) is 5.13 Å². The molecule has 2 heterocycles. The minimum absolute atomic E-state index is 0.000599. The normalized spacial score (nSPS) is 15.5. The van der Waals surface area contributed by atoms with Gasteiger partial charge in [-0.1, -0.05) is 30.2 Å². The van der Waals surface area contributed by atoms with Crippen LogP contribution in [0, 0.1) is 0 Å². The third kappa shape index (κ3) is 5.99. The number of benzene rings is 1. The summed E-state index contributed by atoms with van der Waals surface area (Å²) in [5, 5.41) is 5.35. The van der Waals surface area contributed by atoms with Gasteiger partial charge >= 0.3 is 0 Å². The van der Waals surface area contributed by atoms with Gasteiger partial charge in [0.2, 0.25) is 15.9 Å². The summed E-state index contributed by atoms with van der Waals surface area (Å²) in [5.74, 6) is -0.291. The topological polar surface area (TPSA) is 91.4 Å². The molecule has 0 aliphatic carbocycles. The van der Waals surface area contributed by atoms with E-state index >= 15 is 0 Å². The summed E-state index contributed by atoms with van der Waals surface area (Å²) >= 11 is 7.30. The van der Waals surface area contributed by atoms with Crippen LogP contribution in [0.5, 0.6) is 0 Å². The molecule has 1 aliphatic rings. The molecule has 28 heavy (non-hydrogen) atoms. The van der Waals surface area contributed by atoms with Crippen LogP contribution in [0.3, 0.4) is 0 Å². The molecule has 0 atom stereocenters. The van der Waals surface area contributed by atoms with E-state index in [0.717, 1.165) is 25.3 Å². The van der Waals surface area contributed by atoms with E-state index in [1.807, 2.05) is 5.38 Å². The summed E-state index contributed by atoms with van der Waals surface area (Å²) in [6.45, 7) is 2.95. The van der Waals surface area contributed by atoms with Gasteiger partial charge in [0.25, 0.3) is 0 Å². The maximum atomic E-state index is 12.2. The number of sulfonamides is 1. The van der Waals surface area contributed by atoms with E-state index in [9.17, 15) is 13.2 Å². The Kier molecular flexibility index (Phi) is 7.42. The molecular formula is C18H23ClN4O3S2. The maximum absolute atomic E-state index is 12.2. The van der Waals surface area contributed by atoms with Crippen molar-refractivity contribution >= 4 is 44.0 Å². The molecule has 3 rings (SSSR count). The van der Waals surface area contributed by atoms with Crippen LogP contribution in [0.15, 0.2) is 34.5 Å². The van der Waals surface area contributed by atoms with Crippen LogP contribution in [0.4, 0.5) is 5.13 Å². The van der Waals surface area contributed by atoms with Crippen molar-refractivity contribution in [2.45, 2.75) is 37.1 Å². The highest BCUT2D eigenvalue weighted by Crippen LogP contribution is 2.21. The van der Waals surface area contributed by atoms with Gasteiger partial charge in [0.1, 0.15) is 4.90 Å². The van der Waals surface area contributed by atoms with Crippen molar-refractivity contribution in [2.24, 2.45) is 0 Å². The van der Waals surface area contributed by atoms with Crippen LogP contribution in [-0.2, 0) is 21.4 Å². The number of likely N-dealkylation sites (tertiary alicyclic amines) is 1. The molecule has 1 amide bonds. The fourth-order valence-electron chi connectivity index (χ4n) is 3.00. The zero-order valence-corrected chi connectivity index (χ0v) is 17.7. The SMILES string of the molecule is O=C(CCNS(=O)(=O)c1ccccc1Cl)Nc1nc(CN2CCCCC2)cs1. The van der Waals surface area contributed by atoms with E-state index in [1.54, 1.807) is 12.1 Å². The first-order chi connectivity index (χ1) is 13.4. The Hall–Kier alpha value is -1.52. The van der Waals surface area contributed by atoms with Gasteiger partial charge < -0.3 is 5.32 Å². The predicted octanol–water partition coefficient (Wildman–Crippen LogP) is 3.09. The number of piperidine rings is 1. The standard InChI is InChI=1S/C18H23ClN4O3S2/c19-15-6-2-3-7-16(15)28(25,26)20-9-8-17(24)22-18-21-14(13-27-18)12-23-10-4-1-5-11-23/h2-3,6-7,13,20H,1,4-5,8-12H2,(H,21,22,24). The Bertz CT molecular complexity index is 911. The number of hydrogen-bond donors (Lipinski definition) is 2. The average molecular weight is 443 g/mol. The number of rotatable bonds is 8. The number of hydrogen-bond acceptors (Lipinski definition) is 6. The highest BCUT2D eigenvalue weighted by Gasteiger charge is 2.18. The Balaban J connectivity index is 1.45. The molecule has 0 radical (unpaired) electrons. The average Bonchev–Trinajstić information content (AvgIpc) is 3.09. The molecule has 7 nitrogen and oxygen atoms in total. The zero-order chi connectivity index (χ0) is 20.0. The molecule has 0 spiro atoms. The first kappa shape index (κ1) is 21.2. The number of carbonyl (C=O) groups excluding carboxylic acids is 1. The molecule has 0 unspecified atom stereocenters. The van der Waals surface area contributed by atoms with Crippen molar-refractivity contribution in [1.82, 2.24) is 14.6 Å². The molecule has 152 valence electrons. The van der Waals surface area contributed by atoms with E-state index in [4.69, 9.17) is 11.6 Å². The lowest BCUT2D eigenvalue weighted by Gasteiger charge is -2.25. The number of anilines is 1. The molecule has 1 aromatic carbocycles. The minimum atomic E-state index is -3.75. The molecule has 0 bridgehead atoms. The predicted molar refractivity (Wildman–Crippen MR) is 111 cm³/mol. The molecular weight excluding hydrogens is 420 g/mol. The van der Waals surface area contributed by atoms with Gasteiger partial charge in [-0.2, -0.15) is 0 Å². The van der Waals surface area contributed by atoms with Crippen LogP contribution >= 0.6 is 22.9 Å². The Labute approximate surface area is 174 Å². The Morgan fingerprint density at radius 3 is 2.71 bits per heavy atom. The first-order valence-corrected chi connectivity index (χ1v) is 11.9. The molecule has 1 aromatic heterocycles. The summed E-state index contributed by atoms with van der Waals surface area (Å²) in [5.41, 5.74) is 0.946. The third-order valence-electron chi connectivity index (χ3n) is 4.40. The van der Waals surface area contributed by atoms with Gasteiger partial charge in [0.15, 0.2) is 5.13 Å². The van der Waals surface area contributed by atoms with Crippen molar-refractivity contribution in [3.8, 4) is 0 Å². The highest BCUT2D eigenvalue weighted by atomic mass is 35.5. The summed E-state index contributed by atoms with van der Waals surface area (Å²) in [6.07, 6.45) is 3.73. The number of carbonyl (C=O) groups is 1. The van der Waals surface area contributed by atoms with Crippen LogP contribution in [0.2, 0.25) is 5.02 Å². The van der Waals surface area contributed by atoms with Crippen LogP contribution in [0.25, 0.3) is 0 Å². The first-order valence-electron chi connectivity index (χ1n) is 9.15. The van der Waals surface area contributed by atoms with E-state index in [2.05, 4.69) is 19.9 Å². The second-order valence-electron chi connectivity index (χ2n) is 6.61. The van der Waals surface area contributed by atoms with Crippen molar-refractivity contribution in [2.75, 3.05) is 25.0 Å². The van der Waals surface area contributed by atoms with Gasteiger partial charge in [-0.05, 0) is 38.1 Å². The quantitative estimate of drug-likeness (QED) is 0.655. The van der Waals surface area contributed by atoms with Gasteiger partial charge in [0.05, 0.1) is 10.7 Å². The van der Waals surface area contributed by atoms with Crippen molar-refractivity contribution in [1.29, 1.82) is 0 Å². The molecule has 0 saturated carbocycles. The number of aromatic nitrogens is 1. The molecule has 2 aromatic rings. The number of amides is 1. The number of thiazole rings is 1. The third-order valence-corrected chi connectivity index (χ3v) is 7.17. The molecule has 1 saturated heterocycles. The summed E-state index contributed by atoms with van der Waals surface area (Å²) in [7, 11) is -3.75. The van der Waals surface area contributed by atoms with Crippen LogP contribution in [0.1, 0.15) is 31.4 Å². The lowest BCUT2D eigenvalue weighted by atomic mass is 10.1. The number of nitrogens with zero attached hydrogens (tertiary/aromatic N) is 2. The molecule has 1 aliphatic heterocycles. The van der Waals surface area contributed by atoms with E-state index in [1.165, 1.54) is 42.7 Å². The maximum Gasteiger partial charge on any atom is 0.242 e. The van der Waals surface area contributed by atoms with Gasteiger partial charge in [-0.15, -0.1) is 11.3 Å². The molecule has 2 N–H and O–H groups in total. The monoisotopic (exact) mass is 442 g/mol. The highest BCUT2D eigenvalue weighted by molar-refractivity contribution is 7.89. The van der Waals surface area contributed by atoms with Crippen molar-refractivity contribution < 1.29 is 13.2 Å². The lowest BCUT2D eigenvalue weighted by molar-refractivity contribution is -0.116. The van der Waals surface area contributed by atoms with Gasteiger partial charge in [0, 0.05) is 24.9 Å². The van der Waals surface area contributed by atoms with Crippen molar-refractivity contribution in [3.05, 3.63) is 40.4 Å². The smallest absolute Gasteiger partial charge is 0.242 e. The fourth-order valence-corrected chi connectivity index (χ4v) is 5.27. The van der Waals surface area contributed by atoms with E-state index in [-0.39, 0.29) is 28.8 Å².